The van der Waals surface area contributed by atoms with Crippen LogP contribution < -0.4 is 16.4 Å². The van der Waals surface area contributed by atoms with Gasteiger partial charge in [0.25, 0.3) is 0 Å². The maximum absolute atomic E-state index is 11.7. The van der Waals surface area contributed by atoms with Gasteiger partial charge < -0.3 is 20.8 Å². The first-order valence-electron chi connectivity index (χ1n) is 7.36. The molecule has 1 atom stereocenters. The number of oxazole rings is 1. The van der Waals surface area contributed by atoms with Crippen LogP contribution in [0.4, 0.5) is 0 Å². The van der Waals surface area contributed by atoms with Gasteiger partial charge in [0, 0.05) is 5.41 Å². The van der Waals surface area contributed by atoms with E-state index in [9.17, 15) is 9.59 Å². The SMILES string of the molecule is CC(C)[C@H](N)C(=O)NCC(=O)NCc1ncc(C(C)(C)C)o1. The molecule has 0 bridgehead atoms. The lowest BCUT2D eigenvalue weighted by Gasteiger charge is -2.15. The van der Waals surface area contributed by atoms with Gasteiger partial charge in [0.1, 0.15) is 5.76 Å². The molecule has 1 heterocycles. The molecule has 0 aliphatic rings. The zero-order valence-electron chi connectivity index (χ0n) is 13.9. The quantitative estimate of drug-likeness (QED) is 0.716. The highest BCUT2D eigenvalue weighted by Crippen LogP contribution is 2.22. The van der Waals surface area contributed by atoms with Gasteiger partial charge in [0.2, 0.25) is 17.7 Å². The van der Waals surface area contributed by atoms with Crippen LogP contribution in [-0.4, -0.2) is 29.4 Å². The van der Waals surface area contributed by atoms with Crippen LogP contribution in [0.25, 0.3) is 0 Å². The Morgan fingerprint density at radius 2 is 1.95 bits per heavy atom. The van der Waals surface area contributed by atoms with Crippen LogP contribution in [0.2, 0.25) is 0 Å². The molecule has 2 amide bonds. The number of amides is 2. The number of nitrogens with zero attached hydrogens (tertiary/aromatic N) is 1. The highest BCUT2D eigenvalue weighted by molar-refractivity contribution is 5.87. The average molecular weight is 310 g/mol. The zero-order chi connectivity index (χ0) is 16.9. The van der Waals surface area contributed by atoms with Gasteiger partial charge in [-0.2, -0.15) is 0 Å². The first-order chi connectivity index (χ1) is 10.1. The molecule has 0 saturated heterocycles. The first-order valence-corrected chi connectivity index (χ1v) is 7.36. The van der Waals surface area contributed by atoms with Crippen molar-refractivity contribution < 1.29 is 14.0 Å². The van der Waals surface area contributed by atoms with E-state index >= 15 is 0 Å². The van der Waals surface area contributed by atoms with Crippen molar-refractivity contribution in [1.82, 2.24) is 15.6 Å². The Labute approximate surface area is 131 Å². The zero-order valence-corrected chi connectivity index (χ0v) is 13.9. The molecule has 1 aromatic rings. The summed E-state index contributed by atoms with van der Waals surface area (Å²) in [5.41, 5.74) is 5.56. The Morgan fingerprint density at radius 3 is 2.45 bits per heavy atom. The molecule has 7 heteroatoms. The maximum Gasteiger partial charge on any atom is 0.239 e. The minimum Gasteiger partial charge on any atom is -0.443 e. The Balaban J connectivity index is 2.38. The van der Waals surface area contributed by atoms with Gasteiger partial charge in [0.15, 0.2) is 0 Å². The van der Waals surface area contributed by atoms with E-state index in [4.69, 9.17) is 10.2 Å². The Kier molecular flexibility index (Phi) is 6.11. The Bertz CT molecular complexity index is 517. The second-order valence-corrected chi connectivity index (χ2v) is 6.63. The van der Waals surface area contributed by atoms with Crippen LogP contribution in [0.15, 0.2) is 10.6 Å². The van der Waals surface area contributed by atoms with Gasteiger partial charge in [0.05, 0.1) is 25.3 Å². The summed E-state index contributed by atoms with van der Waals surface area (Å²) >= 11 is 0. The lowest BCUT2D eigenvalue weighted by molar-refractivity contribution is -0.127. The summed E-state index contributed by atoms with van der Waals surface area (Å²) < 4.78 is 5.56. The molecule has 22 heavy (non-hydrogen) atoms. The van der Waals surface area contributed by atoms with Gasteiger partial charge in [-0.1, -0.05) is 34.6 Å². The van der Waals surface area contributed by atoms with Crippen LogP contribution >= 0.6 is 0 Å². The first kappa shape index (κ1) is 18.2. The number of hydrogen-bond acceptors (Lipinski definition) is 5. The normalized spacial score (nSPS) is 13.0. The number of nitrogens with two attached hydrogens (primary N) is 1. The van der Waals surface area contributed by atoms with Crippen molar-refractivity contribution in [3.8, 4) is 0 Å². The van der Waals surface area contributed by atoms with E-state index in [2.05, 4.69) is 15.6 Å². The van der Waals surface area contributed by atoms with Crippen molar-refractivity contribution in [2.75, 3.05) is 6.54 Å². The number of aromatic nitrogens is 1. The summed E-state index contributed by atoms with van der Waals surface area (Å²) in [6, 6.07) is -0.617. The van der Waals surface area contributed by atoms with E-state index in [1.54, 1.807) is 6.20 Å². The standard InChI is InChI=1S/C15H26N4O3/c1-9(2)13(16)14(21)19-7-11(20)17-8-12-18-6-10(22-12)15(3,4)5/h6,9,13H,7-8,16H2,1-5H3,(H,17,20)(H,19,21)/t13-/m0/s1. The molecule has 0 spiro atoms. The number of rotatable bonds is 6. The molecule has 0 aromatic carbocycles. The van der Waals surface area contributed by atoms with Crippen LogP contribution in [0.1, 0.15) is 46.3 Å². The van der Waals surface area contributed by atoms with Crippen molar-refractivity contribution in [3.05, 3.63) is 17.8 Å². The molecule has 1 rings (SSSR count). The van der Waals surface area contributed by atoms with Gasteiger partial charge in [-0.05, 0) is 5.92 Å². The lowest BCUT2D eigenvalue weighted by atomic mass is 9.94. The molecule has 1 aromatic heterocycles. The van der Waals surface area contributed by atoms with Gasteiger partial charge >= 0.3 is 0 Å². The molecule has 7 nitrogen and oxygen atoms in total. The molecular formula is C15H26N4O3. The van der Waals surface area contributed by atoms with Gasteiger partial charge in [-0.25, -0.2) is 4.98 Å². The molecule has 124 valence electrons. The van der Waals surface area contributed by atoms with E-state index in [0.29, 0.717) is 5.89 Å². The highest BCUT2D eigenvalue weighted by Gasteiger charge is 2.20. The Hall–Kier alpha value is -1.89. The molecule has 0 fully saturated rings. The summed E-state index contributed by atoms with van der Waals surface area (Å²) in [4.78, 5) is 27.4. The molecule has 0 saturated carbocycles. The summed E-state index contributed by atoms with van der Waals surface area (Å²) in [6.45, 7) is 9.81. The fourth-order valence-electron chi connectivity index (χ4n) is 1.56. The summed E-state index contributed by atoms with van der Waals surface area (Å²) in [5, 5.41) is 5.14. The summed E-state index contributed by atoms with van der Waals surface area (Å²) in [5.74, 6) is 0.554. The van der Waals surface area contributed by atoms with E-state index in [0.717, 1.165) is 5.76 Å². The molecule has 4 N–H and O–H groups in total. The van der Waals surface area contributed by atoms with E-state index in [1.165, 1.54) is 0 Å². The number of carbonyl (C=O) groups excluding carboxylic acids is 2. The van der Waals surface area contributed by atoms with E-state index in [1.807, 2.05) is 34.6 Å². The highest BCUT2D eigenvalue weighted by atomic mass is 16.4. The molecular weight excluding hydrogens is 284 g/mol. The van der Waals surface area contributed by atoms with Crippen molar-refractivity contribution in [2.24, 2.45) is 11.7 Å². The second-order valence-electron chi connectivity index (χ2n) is 6.63. The van der Waals surface area contributed by atoms with Crippen molar-refractivity contribution in [3.63, 3.8) is 0 Å². The minimum absolute atomic E-state index is 0.0196. The molecule has 0 aliphatic carbocycles. The van der Waals surface area contributed by atoms with Crippen LogP contribution in [0.5, 0.6) is 0 Å². The fraction of sp³-hybridized carbons (Fsp3) is 0.667. The van der Waals surface area contributed by atoms with E-state index in [-0.39, 0.29) is 36.2 Å². The maximum atomic E-state index is 11.7. The number of hydrogen-bond donors (Lipinski definition) is 3. The largest absolute Gasteiger partial charge is 0.443 e. The average Bonchev–Trinajstić information content (AvgIpc) is 2.90. The van der Waals surface area contributed by atoms with Crippen LogP contribution in [0, 0.1) is 5.92 Å². The van der Waals surface area contributed by atoms with Gasteiger partial charge in [-0.3, -0.25) is 9.59 Å². The van der Waals surface area contributed by atoms with Crippen molar-refractivity contribution >= 4 is 11.8 Å². The third-order valence-electron chi connectivity index (χ3n) is 3.17. The van der Waals surface area contributed by atoms with Crippen molar-refractivity contribution in [2.45, 2.75) is 52.6 Å². The number of nitrogens with one attached hydrogen (secondary N) is 2. The summed E-state index contributed by atoms with van der Waals surface area (Å²) in [6.07, 6.45) is 1.66. The fourth-order valence-corrected chi connectivity index (χ4v) is 1.56. The third kappa shape index (κ3) is 5.48. The third-order valence-corrected chi connectivity index (χ3v) is 3.17. The molecule has 0 radical (unpaired) electrons. The monoisotopic (exact) mass is 310 g/mol. The van der Waals surface area contributed by atoms with Crippen molar-refractivity contribution in [1.29, 1.82) is 0 Å². The van der Waals surface area contributed by atoms with Crippen LogP contribution in [-0.2, 0) is 21.5 Å². The predicted molar refractivity (Wildman–Crippen MR) is 82.9 cm³/mol. The lowest BCUT2D eigenvalue weighted by Crippen LogP contribution is -2.47. The van der Waals surface area contributed by atoms with E-state index < -0.39 is 6.04 Å². The summed E-state index contributed by atoms with van der Waals surface area (Å²) in [7, 11) is 0. The minimum atomic E-state index is -0.617. The topological polar surface area (TPSA) is 110 Å². The smallest absolute Gasteiger partial charge is 0.239 e. The van der Waals surface area contributed by atoms with Gasteiger partial charge in [-0.15, -0.1) is 0 Å². The number of carbonyl (C=O) groups is 2. The van der Waals surface area contributed by atoms with Crippen LogP contribution in [0.3, 0.4) is 0 Å². The Morgan fingerprint density at radius 1 is 1.32 bits per heavy atom. The molecule has 0 aliphatic heterocycles. The second kappa shape index (κ2) is 7.40. The predicted octanol–water partition coefficient (Wildman–Crippen LogP) is 0.688. The molecule has 0 unspecified atom stereocenters.